The van der Waals surface area contributed by atoms with Crippen LogP contribution in [-0.2, 0) is 9.53 Å². The Labute approximate surface area is 119 Å². The minimum atomic E-state index is -0.520. The van der Waals surface area contributed by atoms with Gasteiger partial charge in [-0.05, 0) is 19.9 Å². The molecule has 0 aromatic heterocycles. The first kappa shape index (κ1) is 14.8. The summed E-state index contributed by atoms with van der Waals surface area (Å²) < 4.78 is 11.1. The number of morpholine rings is 1. The molecule has 1 fully saturated rings. The second-order valence-corrected chi connectivity index (χ2v) is 5.02. The zero-order valence-corrected chi connectivity index (χ0v) is 12.0. The number of hydrogen-bond donors (Lipinski definition) is 1. The van der Waals surface area contributed by atoms with Gasteiger partial charge in [0.2, 0.25) is 0 Å². The van der Waals surface area contributed by atoms with Crippen LogP contribution >= 0.6 is 0 Å². The molecule has 2 N–H and O–H groups in total. The molecular weight excluding hydrogens is 256 g/mol. The maximum absolute atomic E-state index is 12.3. The molecule has 0 aliphatic carbocycles. The van der Waals surface area contributed by atoms with E-state index in [-0.39, 0.29) is 11.9 Å². The number of hydrogen-bond acceptors (Lipinski definition) is 4. The first-order valence-corrected chi connectivity index (χ1v) is 6.97. The highest BCUT2D eigenvalue weighted by Gasteiger charge is 2.24. The van der Waals surface area contributed by atoms with Gasteiger partial charge in [-0.3, -0.25) is 4.79 Å². The van der Waals surface area contributed by atoms with E-state index in [2.05, 4.69) is 0 Å². The maximum Gasteiger partial charge on any atom is 0.263 e. The fourth-order valence-corrected chi connectivity index (χ4v) is 2.25. The van der Waals surface area contributed by atoms with Gasteiger partial charge in [-0.25, -0.2) is 0 Å². The van der Waals surface area contributed by atoms with Gasteiger partial charge in [0.1, 0.15) is 5.75 Å². The fraction of sp³-hybridized carbons (Fsp3) is 0.533. The van der Waals surface area contributed by atoms with E-state index in [0.717, 1.165) is 5.56 Å². The van der Waals surface area contributed by atoms with E-state index in [1.165, 1.54) is 0 Å². The Hall–Kier alpha value is -1.59. The molecule has 2 atom stereocenters. The predicted molar refractivity (Wildman–Crippen MR) is 76.5 cm³/mol. The summed E-state index contributed by atoms with van der Waals surface area (Å²) in [4.78, 5) is 14.1. The van der Waals surface area contributed by atoms with Crippen molar-refractivity contribution in [2.75, 3.05) is 26.3 Å². The minimum absolute atomic E-state index is 0.00669. The molecular formula is C15H22N2O3. The van der Waals surface area contributed by atoms with Crippen LogP contribution < -0.4 is 10.5 Å². The van der Waals surface area contributed by atoms with Gasteiger partial charge in [0.25, 0.3) is 5.91 Å². The first-order valence-electron chi connectivity index (χ1n) is 6.97. The molecule has 2 rings (SSSR count). The summed E-state index contributed by atoms with van der Waals surface area (Å²) in [5.41, 5.74) is 6.83. The highest BCUT2D eigenvalue weighted by atomic mass is 16.5. The largest absolute Gasteiger partial charge is 0.481 e. The summed E-state index contributed by atoms with van der Waals surface area (Å²) in [7, 11) is 0. The Bertz CT molecular complexity index is 456. The number of para-hydroxylation sites is 1. The Balaban J connectivity index is 2.03. The summed E-state index contributed by atoms with van der Waals surface area (Å²) in [6.07, 6.45) is -0.520. The number of nitrogens with two attached hydrogens (primary N) is 1. The van der Waals surface area contributed by atoms with E-state index in [1.807, 2.05) is 31.2 Å². The zero-order valence-electron chi connectivity index (χ0n) is 12.0. The lowest BCUT2D eigenvalue weighted by Crippen LogP contribution is -2.46. The summed E-state index contributed by atoms with van der Waals surface area (Å²) in [6.45, 7) is 6.11. The Morgan fingerprint density at radius 2 is 1.95 bits per heavy atom. The van der Waals surface area contributed by atoms with Crippen LogP contribution in [0.4, 0.5) is 0 Å². The van der Waals surface area contributed by atoms with Gasteiger partial charge in [0, 0.05) is 24.7 Å². The van der Waals surface area contributed by atoms with E-state index in [4.69, 9.17) is 15.2 Å². The third-order valence-electron chi connectivity index (χ3n) is 3.38. The SMILES string of the molecule is CC(Oc1ccccc1[C@@H](C)N)C(=O)N1CCOCC1. The Kier molecular flexibility index (Phi) is 4.98. The molecule has 0 radical (unpaired) electrons. The lowest BCUT2D eigenvalue weighted by atomic mass is 10.1. The number of ether oxygens (including phenoxy) is 2. The van der Waals surface area contributed by atoms with Crippen LogP contribution in [0.15, 0.2) is 24.3 Å². The standard InChI is InChI=1S/C15H22N2O3/c1-11(16)13-5-3-4-6-14(13)20-12(2)15(18)17-7-9-19-10-8-17/h3-6,11-12H,7-10,16H2,1-2H3/t11-,12?/m1/s1. The van der Waals surface area contributed by atoms with Gasteiger partial charge in [0.15, 0.2) is 6.10 Å². The number of carbonyl (C=O) groups excluding carboxylic acids is 1. The third kappa shape index (κ3) is 3.49. The third-order valence-corrected chi connectivity index (χ3v) is 3.38. The second kappa shape index (κ2) is 6.72. The fourth-order valence-electron chi connectivity index (χ4n) is 2.25. The smallest absolute Gasteiger partial charge is 0.263 e. The normalized spacial score (nSPS) is 18.4. The lowest BCUT2D eigenvalue weighted by Gasteiger charge is -2.29. The van der Waals surface area contributed by atoms with Crippen LogP contribution in [0.1, 0.15) is 25.5 Å². The average Bonchev–Trinajstić information content (AvgIpc) is 2.47. The van der Waals surface area contributed by atoms with E-state index in [9.17, 15) is 4.79 Å². The van der Waals surface area contributed by atoms with Gasteiger partial charge in [0.05, 0.1) is 13.2 Å². The van der Waals surface area contributed by atoms with Crippen LogP contribution in [0.25, 0.3) is 0 Å². The van der Waals surface area contributed by atoms with Gasteiger partial charge in [-0.1, -0.05) is 18.2 Å². The van der Waals surface area contributed by atoms with Crippen molar-refractivity contribution in [2.45, 2.75) is 26.0 Å². The van der Waals surface area contributed by atoms with Gasteiger partial charge in [-0.15, -0.1) is 0 Å². The minimum Gasteiger partial charge on any atom is -0.481 e. The van der Waals surface area contributed by atoms with Crippen LogP contribution in [-0.4, -0.2) is 43.2 Å². The molecule has 1 aliphatic rings. The van der Waals surface area contributed by atoms with Gasteiger partial charge < -0.3 is 20.1 Å². The molecule has 1 amide bonds. The molecule has 5 nitrogen and oxygen atoms in total. The predicted octanol–water partition coefficient (Wildman–Crippen LogP) is 1.33. The highest BCUT2D eigenvalue weighted by molar-refractivity contribution is 5.81. The van der Waals surface area contributed by atoms with Crippen molar-refractivity contribution < 1.29 is 14.3 Å². The van der Waals surface area contributed by atoms with Crippen molar-refractivity contribution >= 4 is 5.91 Å². The molecule has 0 spiro atoms. The monoisotopic (exact) mass is 278 g/mol. The average molecular weight is 278 g/mol. The van der Waals surface area contributed by atoms with Crippen LogP contribution in [0.5, 0.6) is 5.75 Å². The quantitative estimate of drug-likeness (QED) is 0.902. The van der Waals surface area contributed by atoms with Crippen LogP contribution in [0.2, 0.25) is 0 Å². The van der Waals surface area contributed by atoms with E-state index < -0.39 is 6.10 Å². The number of rotatable bonds is 4. The van der Waals surface area contributed by atoms with Crippen LogP contribution in [0.3, 0.4) is 0 Å². The van der Waals surface area contributed by atoms with Gasteiger partial charge in [-0.2, -0.15) is 0 Å². The van der Waals surface area contributed by atoms with Crippen molar-refractivity contribution in [3.05, 3.63) is 29.8 Å². The van der Waals surface area contributed by atoms with E-state index in [1.54, 1.807) is 11.8 Å². The molecule has 1 aromatic rings. The number of nitrogens with zero attached hydrogens (tertiary/aromatic N) is 1. The Morgan fingerprint density at radius 3 is 2.60 bits per heavy atom. The molecule has 5 heteroatoms. The topological polar surface area (TPSA) is 64.8 Å². The van der Waals surface area contributed by atoms with Crippen molar-refractivity contribution in [3.63, 3.8) is 0 Å². The number of benzene rings is 1. The molecule has 1 heterocycles. The molecule has 1 aromatic carbocycles. The molecule has 110 valence electrons. The summed E-state index contributed by atoms with van der Waals surface area (Å²) in [6, 6.07) is 7.44. The van der Waals surface area contributed by atoms with Gasteiger partial charge >= 0.3 is 0 Å². The maximum atomic E-state index is 12.3. The number of amides is 1. The van der Waals surface area contributed by atoms with Crippen molar-refractivity contribution in [1.82, 2.24) is 4.90 Å². The summed E-state index contributed by atoms with van der Waals surface area (Å²) in [5.74, 6) is 0.671. The molecule has 0 bridgehead atoms. The van der Waals surface area contributed by atoms with Crippen molar-refractivity contribution in [3.8, 4) is 5.75 Å². The molecule has 20 heavy (non-hydrogen) atoms. The lowest BCUT2D eigenvalue weighted by molar-refractivity contribution is -0.142. The molecule has 1 aliphatic heterocycles. The summed E-state index contributed by atoms with van der Waals surface area (Å²) >= 11 is 0. The molecule has 0 saturated carbocycles. The van der Waals surface area contributed by atoms with Crippen molar-refractivity contribution in [1.29, 1.82) is 0 Å². The molecule has 1 saturated heterocycles. The molecule has 1 unspecified atom stereocenters. The van der Waals surface area contributed by atoms with E-state index in [0.29, 0.717) is 32.1 Å². The van der Waals surface area contributed by atoms with E-state index >= 15 is 0 Å². The first-order chi connectivity index (χ1) is 9.59. The highest BCUT2D eigenvalue weighted by Crippen LogP contribution is 2.24. The Morgan fingerprint density at radius 1 is 1.30 bits per heavy atom. The van der Waals surface area contributed by atoms with Crippen molar-refractivity contribution in [2.24, 2.45) is 5.73 Å². The zero-order chi connectivity index (χ0) is 14.5. The van der Waals surface area contributed by atoms with Crippen LogP contribution in [0, 0.1) is 0 Å². The number of carbonyl (C=O) groups is 1. The summed E-state index contributed by atoms with van der Waals surface area (Å²) in [5, 5.41) is 0. The second-order valence-electron chi connectivity index (χ2n) is 5.02.